The van der Waals surface area contributed by atoms with Gasteiger partial charge in [-0.05, 0) is 56.1 Å². The molecule has 0 bridgehead atoms. The zero-order valence-electron chi connectivity index (χ0n) is 19.1. The van der Waals surface area contributed by atoms with Crippen molar-refractivity contribution in [3.63, 3.8) is 0 Å². The lowest BCUT2D eigenvalue weighted by atomic mass is 10.1. The molecule has 1 rings (SSSR count). The number of carbonyl (C=O) groups excluding carboxylic acids is 4. The fraction of sp³-hybridized carbons (Fsp3) is 0.750. The molecule has 0 aromatic carbocycles. The number of thioether (sulfide) groups is 2. The number of nitrogens with one attached hydrogen (secondary N) is 2. The van der Waals surface area contributed by atoms with Crippen molar-refractivity contribution in [2.24, 2.45) is 11.5 Å². The van der Waals surface area contributed by atoms with Gasteiger partial charge in [0.15, 0.2) is 0 Å². The molecule has 0 aliphatic carbocycles. The molecule has 0 saturated carbocycles. The van der Waals surface area contributed by atoms with E-state index in [1.807, 2.05) is 12.5 Å². The quantitative estimate of drug-likeness (QED) is 0.189. The van der Waals surface area contributed by atoms with Crippen LogP contribution < -0.4 is 22.1 Å². The highest BCUT2D eigenvalue weighted by molar-refractivity contribution is 7.98. The number of likely N-dealkylation sites (tertiary alicyclic amines) is 1. The van der Waals surface area contributed by atoms with Crippen LogP contribution in [-0.2, 0) is 24.0 Å². The zero-order valence-corrected chi connectivity index (χ0v) is 20.7. The molecule has 33 heavy (non-hydrogen) atoms. The third-order valence-electron chi connectivity index (χ3n) is 5.33. The second kappa shape index (κ2) is 15.0. The second-order valence-electron chi connectivity index (χ2n) is 7.82. The van der Waals surface area contributed by atoms with Crippen LogP contribution in [0.2, 0.25) is 0 Å². The first-order chi connectivity index (χ1) is 15.6. The maximum atomic E-state index is 13.3. The fourth-order valence-corrected chi connectivity index (χ4v) is 4.42. The van der Waals surface area contributed by atoms with Gasteiger partial charge in [-0.25, -0.2) is 4.79 Å². The molecule has 0 spiro atoms. The van der Waals surface area contributed by atoms with Crippen LogP contribution in [0.25, 0.3) is 0 Å². The van der Waals surface area contributed by atoms with Crippen LogP contribution in [-0.4, -0.2) is 94.3 Å². The number of hydrogen-bond donors (Lipinski definition) is 5. The molecule has 1 fully saturated rings. The first-order valence-corrected chi connectivity index (χ1v) is 13.6. The van der Waals surface area contributed by atoms with E-state index in [0.717, 1.165) is 0 Å². The predicted molar refractivity (Wildman–Crippen MR) is 129 cm³/mol. The molecule has 1 heterocycles. The van der Waals surface area contributed by atoms with E-state index in [1.165, 1.54) is 28.4 Å². The third kappa shape index (κ3) is 9.80. The van der Waals surface area contributed by atoms with Crippen LogP contribution in [0, 0.1) is 0 Å². The molecule has 4 amide bonds. The van der Waals surface area contributed by atoms with Gasteiger partial charge in [0, 0.05) is 13.0 Å². The molecule has 13 heteroatoms. The van der Waals surface area contributed by atoms with Crippen LogP contribution in [0.5, 0.6) is 0 Å². The van der Waals surface area contributed by atoms with Gasteiger partial charge in [0.05, 0.1) is 6.04 Å². The third-order valence-corrected chi connectivity index (χ3v) is 6.62. The molecule has 4 atom stereocenters. The fourth-order valence-electron chi connectivity index (χ4n) is 3.46. The number of nitrogens with two attached hydrogens (primary N) is 2. The molecule has 0 aromatic heterocycles. The Hall–Kier alpha value is -1.99. The van der Waals surface area contributed by atoms with Crippen molar-refractivity contribution in [1.29, 1.82) is 0 Å². The molecule has 0 aromatic rings. The standard InChI is InChI=1S/C20H35N5O6S2/c1-32-10-7-12(21)17(27)23-13(5-6-16(22)26)19(29)25-9-3-4-15(25)18(28)24-14(20(30)31)8-11-33-2/h12-15H,3-11,21H2,1-2H3,(H2,22,26)(H,23,27)(H,24,28)(H,30,31). The van der Waals surface area contributed by atoms with E-state index in [2.05, 4.69) is 10.6 Å². The topological polar surface area (TPSA) is 185 Å². The predicted octanol–water partition coefficient (Wildman–Crippen LogP) is -0.869. The smallest absolute Gasteiger partial charge is 0.326 e. The molecular formula is C20H35N5O6S2. The number of primary amides is 1. The van der Waals surface area contributed by atoms with Crippen molar-refractivity contribution in [2.75, 3.05) is 30.6 Å². The molecule has 0 radical (unpaired) electrons. The minimum Gasteiger partial charge on any atom is -0.480 e. The van der Waals surface area contributed by atoms with E-state index in [-0.39, 0.29) is 25.8 Å². The summed E-state index contributed by atoms with van der Waals surface area (Å²) in [7, 11) is 0. The van der Waals surface area contributed by atoms with Crippen LogP contribution in [0.3, 0.4) is 0 Å². The Morgan fingerprint density at radius 1 is 1.03 bits per heavy atom. The zero-order chi connectivity index (χ0) is 25.0. The van der Waals surface area contributed by atoms with Gasteiger partial charge >= 0.3 is 5.97 Å². The lowest BCUT2D eigenvalue weighted by molar-refractivity contribution is -0.145. The lowest BCUT2D eigenvalue weighted by Gasteiger charge is -2.30. The highest BCUT2D eigenvalue weighted by Crippen LogP contribution is 2.20. The van der Waals surface area contributed by atoms with Crippen molar-refractivity contribution in [3.8, 4) is 0 Å². The molecule has 188 valence electrons. The van der Waals surface area contributed by atoms with Crippen molar-refractivity contribution in [1.82, 2.24) is 15.5 Å². The normalized spacial score (nSPS) is 18.3. The summed E-state index contributed by atoms with van der Waals surface area (Å²) >= 11 is 3.01. The Kier molecular flexibility index (Phi) is 13.2. The van der Waals surface area contributed by atoms with E-state index >= 15 is 0 Å². The molecule has 7 N–H and O–H groups in total. The minimum atomic E-state index is -1.14. The number of hydrogen-bond acceptors (Lipinski definition) is 8. The van der Waals surface area contributed by atoms with Gasteiger partial charge < -0.3 is 32.1 Å². The average Bonchev–Trinajstić information content (AvgIpc) is 3.26. The summed E-state index contributed by atoms with van der Waals surface area (Å²) in [6, 6.07) is -3.79. The largest absolute Gasteiger partial charge is 0.480 e. The number of carbonyl (C=O) groups is 5. The Balaban J connectivity index is 2.92. The highest BCUT2D eigenvalue weighted by atomic mass is 32.2. The number of carboxylic acids is 1. The summed E-state index contributed by atoms with van der Waals surface area (Å²) in [5.41, 5.74) is 11.1. The van der Waals surface area contributed by atoms with Gasteiger partial charge in [-0.15, -0.1) is 0 Å². The maximum Gasteiger partial charge on any atom is 0.326 e. The monoisotopic (exact) mass is 505 g/mol. The Labute approximate surface area is 202 Å². The first-order valence-electron chi connectivity index (χ1n) is 10.8. The van der Waals surface area contributed by atoms with Crippen LogP contribution in [0.15, 0.2) is 0 Å². The Bertz CT molecular complexity index is 710. The number of rotatable bonds is 15. The van der Waals surface area contributed by atoms with Crippen LogP contribution >= 0.6 is 23.5 Å². The molecular weight excluding hydrogens is 470 g/mol. The van der Waals surface area contributed by atoms with Crippen molar-refractivity contribution < 1.29 is 29.1 Å². The Morgan fingerprint density at radius 3 is 2.24 bits per heavy atom. The summed E-state index contributed by atoms with van der Waals surface area (Å²) in [4.78, 5) is 62.7. The summed E-state index contributed by atoms with van der Waals surface area (Å²) in [5.74, 6) is -2.12. The highest BCUT2D eigenvalue weighted by Gasteiger charge is 2.39. The summed E-state index contributed by atoms with van der Waals surface area (Å²) in [5, 5.41) is 14.5. The van der Waals surface area contributed by atoms with E-state index in [0.29, 0.717) is 30.8 Å². The van der Waals surface area contributed by atoms with E-state index in [9.17, 15) is 29.1 Å². The molecule has 11 nitrogen and oxygen atoms in total. The van der Waals surface area contributed by atoms with Crippen molar-refractivity contribution >= 4 is 53.1 Å². The van der Waals surface area contributed by atoms with Gasteiger partial charge in [0.2, 0.25) is 23.6 Å². The van der Waals surface area contributed by atoms with Crippen LogP contribution in [0.4, 0.5) is 0 Å². The number of aliphatic carboxylic acids is 1. The van der Waals surface area contributed by atoms with Crippen molar-refractivity contribution in [3.05, 3.63) is 0 Å². The summed E-state index contributed by atoms with van der Waals surface area (Å²) < 4.78 is 0. The van der Waals surface area contributed by atoms with Gasteiger partial charge in [-0.1, -0.05) is 0 Å². The van der Waals surface area contributed by atoms with Gasteiger partial charge in [-0.3, -0.25) is 19.2 Å². The first kappa shape index (κ1) is 29.0. The van der Waals surface area contributed by atoms with Crippen molar-refractivity contribution in [2.45, 2.75) is 62.7 Å². The summed E-state index contributed by atoms with van der Waals surface area (Å²) in [6.07, 6.45) is 5.18. The molecule has 4 unspecified atom stereocenters. The van der Waals surface area contributed by atoms with E-state index < -0.39 is 53.8 Å². The van der Waals surface area contributed by atoms with Gasteiger partial charge in [0.1, 0.15) is 18.1 Å². The molecule has 1 aliphatic rings. The maximum absolute atomic E-state index is 13.3. The molecule has 1 aliphatic heterocycles. The second-order valence-corrected chi connectivity index (χ2v) is 9.80. The summed E-state index contributed by atoms with van der Waals surface area (Å²) in [6.45, 7) is 0.279. The Morgan fingerprint density at radius 2 is 1.67 bits per heavy atom. The number of amides is 4. The van der Waals surface area contributed by atoms with E-state index in [4.69, 9.17) is 11.5 Å². The SMILES string of the molecule is CSCCC(N)C(=O)NC(CCC(N)=O)C(=O)N1CCCC1C(=O)NC(CCSC)C(=O)O. The van der Waals surface area contributed by atoms with E-state index in [1.54, 1.807) is 0 Å². The number of carboxylic acid groups (broad SMARTS) is 1. The number of nitrogens with zero attached hydrogens (tertiary/aromatic N) is 1. The van der Waals surface area contributed by atoms with Crippen LogP contribution in [0.1, 0.15) is 38.5 Å². The lowest BCUT2D eigenvalue weighted by Crippen LogP contribution is -2.57. The molecule has 1 saturated heterocycles. The van der Waals surface area contributed by atoms with Gasteiger partial charge in [-0.2, -0.15) is 23.5 Å². The van der Waals surface area contributed by atoms with Gasteiger partial charge in [0.25, 0.3) is 0 Å². The minimum absolute atomic E-state index is 0.0224. The average molecular weight is 506 g/mol.